The molecule has 100 valence electrons. The van der Waals surface area contributed by atoms with Gasteiger partial charge < -0.3 is 4.74 Å². The monoisotopic (exact) mass is 338 g/mol. The Morgan fingerprint density at radius 3 is 2.68 bits per heavy atom. The normalized spacial score (nSPS) is 12.2. The second kappa shape index (κ2) is 6.44. The average Bonchev–Trinajstić information content (AvgIpc) is 2.39. The average molecular weight is 340 g/mol. The summed E-state index contributed by atoms with van der Waals surface area (Å²) >= 11 is 10.1. The van der Waals surface area contributed by atoms with Gasteiger partial charge in [0, 0.05) is 4.47 Å². The lowest BCUT2D eigenvalue weighted by molar-refractivity contribution is 0.414. The van der Waals surface area contributed by atoms with E-state index < -0.39 is 0 Å². The quantitative estimate of drug-likeness (QED) is 0.688. The van der Waals surface area contributed by atoms with Gasteiger partial charge in [-0.15, -0.1) is 11.6 Å². The summed E-state index contributed by atoms with van der Waals surface area (Å²) in [6.45, 7) is 2.09. The van der Waals surface area contributed by atoms with E-state index in [0.29, 0.717) is 0 Å². The van der Waals surface area contributed by atoms with Crippen molar-refractivity contribution in [2.45, 2.75) is 18.7 Å². The minimum atomic E-state index is -0.0775. The standard InChI is InChI=1S/C16H16BrClO/c1-11-4-3-5-12(8-11)9-16(18)14-10-13(19-2)6-7-15(14)17/h3-8,10,16H,9H2,1-2H3. The maximum absolute atomic E-state index is 6.54. The van der Waals surface area contributed by atoms with Crippen LogP contribution in [0.3, 0.4) is 0 Å². The first kappa shape index (κ1) is 14.4. The Hall–Kier alpha value is -0.990. The van der Waals surface area contributed by atoms with E-state index in [1.54, 1.807) is 7.11 Å². The van der Waals surface area contributed by atoms with E-state index in [4.69, 9.17) is 16.3 Å². The molecule has 0 aliphatic heterocycles. The highest BCUT2D eigenvalue weighted by molar-refractivity contribution is 9.10. The Morgan fingerprint density at radius 2 is 2.00 bits per heavy atom. The van der Waals surface area contributed by atoms with Crippen LogP contribution in [0.2, 0.25) is 0 Å². The molecule has 19 heavy (non-hydrogen) atoms. The predicted octanol–water partition coefficient (Wildman–Crippen LogP) is 5.29. The Kier molecular flexibility index (Phi) is 4.89. The van der Waals surface area contributed by atoms with E-state index in [1.165, 1.54) is 11.1 Å². The summed E-state index contributed by atoms with van der Waals surface area (Å²) in [6, 6.07) is 14.3. The fourth-order valence-corrected chi connectivity index (χ4v) is 3.06. The molecule has 0 aliphatic rings. The second-order valence-electron chi connectivity index (χ2n) is 4.55. The number of aryl methyl sites for hydroxylation is 1. The first-order valence-electron chi connectivity index (χ1n) is 6.13. The van der Waals surface area contributed by atoms with Crippen molar-refractivity contribution in [3.05, 3.63) is 63.6 Å². The van der Waals surface area contributed by atoms with E-state index in [0.717, 1.165) is 22.2 Å². The van der Waals surface area contributed by atoms with Gasteiger partial charge in [0.1, 0.15) is 5.75 Å². The van der Waals surface area contributed by atoms with Crippen molar-refractivity contribution in [3.63, 3.8) is 0 Å². The van der Waals surface area contributed by atoms with Crippen molar-refractivity contribution in [2.75, 3.05) is 7.11 Å². The van der Waals surface area contributed by atoms with Crippen molar-refractivity contribution < 1.29 is 4.74 Å². The second-order valence-corrected chi connectivity index (χ2v) is 5.93. The van der Waals surface area contributed by atoms with E-state index in [1.807, 2.05) is 18.2 Å². The molecule has 0 radical (unpaired) electrons. The van der Waals surface area contributed by atoms with Crippen LogP contribution in [-0.2, 0) is 6.42 Å². The molecule has 0 spiro atoms. The van der Waals surface area contributed by atoms with Gasteiger partial charge in [0.15, 0.2) is 0 Å². The summed E-state index contributed by atoms with van der Waals surface area (Å²) in [7, 11) is 1.66. The topological polar surface area (TPSA) is 9.23 Å². The highest BCUT2D eigenvalue weighted by atomic mass is 79.9. The summed E-state index contributed by atoms with van der Waals surface area (Å²) in [5, 5.41) is -0.0775. The number of hydrogen-bond acceptors (Lipinski definition) is 1. The number of benzene rings is 2. The van der Waals surface area contributed by atoms with Gasteiger partial charge in [0.2, 0.25) is 0 Å². The molecule has 0 fully saturated rings. The molecule has 1 atom stereocenters. The lowest BCUT2D eigenvalue weighted by Crippen LogP contribution is -1.98. The van der Waals surface area contributed by atoms with Gasteiger partial charge in [-0.05, 0) is 42.7 Å². The lowest BCUT2D eigenvalue weighted by Gasteiger charge is -2.13. The summed E-state index contributed by atoms with van der Waals surface area (Å²) in [5.74, 6) is 0.827. The number of ether oxygens (including phenoxy) is 1. The third-order valence-corrected chi connectivity index (χ3v) is 4.15. The Bertz CT molecular complexity index is 568. The minimum Gasteiger partial charge on any atom is -0.497 e. The first-order chi connectivity index (χ1) is 9.10. The predicted molar refractivity (Wildman–Crippen MR) is 84.2 cm³/mol. The molecule has 0 amide bonds. The molecule has 1 nitrogen and oxygen atoms in total. The molecule has 0 saturated heterocycles. The number of methoxy groups -OCH3 is 1. The molecule has 1 unspecified atom stereocenters. The maximum atomic E-state index is 6.54. The van der Waals surface area contributed by atoms with Crippen molar-refractivity contribution >= 4 is 27.5 Å². The molecule has 0 saturated carbocycles. The Labute approximate surface area is 127 Å². The minimum absolute atomic E-state index is 0.0775. The number of rotatable bonds is 4. The maximum Gasteiger partial charge on any atom is 0.119 e. The summed E-state index contributed by atoms with van der Waals surface area (Å²) in [6.07, 6.45) is 0.801. The SMILES string of the molecule is COc1ccc(Br)c(C(Cl)Cc2cccc(C)c2)c1. The largest absolute Gasteiger partial charge is 0.497 e. The zero-order valence-corrected chi connectivity index (χ0v) is 13.3. The van der Waals surface area contributed by atoms with Gasteiger partial charge in [-0.3, -0.25) is 0 Å². The van der Waals surface area contributed by atoms with Crippen LogP contribution >= 0.6 is 27.5 Å². The third kappa shape index (κ3) is 3.74. The van der Waals surface area contributed by atoms with Crippen molar-refractivity contribution in [2.24, 2.45) is 0 Å². The fourth-order valence-electron chi connectivity index (χ4n) is 2.04. The van der Waals surface area contributed by atoms with Gasteiger partial charge in [-0.2, -0.15) is 0 Å². The molecule has 0 N–H and O–H groups in total. The number of halogens is 2. The first-order valence-corrected chi connectivity index (χ1v) is 7.36. The highest BCUT2D eigenvalue weighted by Gasteiger charge is 2.13. The van der Waals surface area contributed by atoms with Crippen LogP contribution in [0, 0.1) is 6.92 Å². The van der Waals surface area contributed by atoms with E-state index in [-0.39, 0.29) is 5.38 Å². The summed E-state index contributed by atoms with van der Waals surface area (Å²) in [5.41, 5.74) is 3.56. The number of alkyl halides is 1. The van der Waals surface area contributed by atoms with Crippen molar-refractivity contribution in [1.29, 1.82) is 0 Å². The molecule has 0 bridgehead atoms. The molecular weight excluding hydrogens is 324 g/mol. The van der Waals surface area contributed by atoms with Gasteiger partial charge in [-0.25, -0.2) is 0 Å². The molecule has 2 aromatic rings. The van der Waals surface area contributed by atoms with Crippen LogP contribution in [0.25, 0.3) is 0 Å². The van der Waals surface area contributed by atoms with Crippen molar-refractivity contribution in [3.8, 4) is 5.75 Å². The highest BCUT2D eigenvalue weighted by Crippen LogP contribution is 2.33. The van der Waals surface area contributed by atoms with Crippen LogP contribution in [0.1, 0.15) is 22.1 Å². The summed E-state index contributed by atoms with van der Waals surface area (Å²) in [4.78, 5) is 0. The van der Waals surface area contributed by atoms with E-state index in [9.17, 15) is 0 Å². The molecular formula is C16H16BrClO. The van der Waals surface area contributed by atoms with E-state index in [2.05, 4.69) is 47.1 Å². The zero-order valence-electron chi connectivity index (χ0n) is 11.0. The smallest absolute Gasteiger partial charge is 0.119 e. The van der Waals surface area contributed by atoms with Crippen molar-refractivity contribution in [1.82, 2.24) is 0 Å². The Balaban J connectivity index is 2.22. The van der Waals surface area contributed by atoms with Crippen LogP contribution < -0.4 is 4.74 Å². The molecule has 0 heterocycles. The fraction of sp³-hybridized carbons (Fsp3) is 0.250. The zero-order chi connectivity index (χ0) is 13.8. The molecule has 2 aromatic carbocycles. The molecule has 2 rings (SSSR count). The molecule has 0 aliphatic carbocycles. The molecule has 3 heteroatoms. The summed E-state index contributed by atoms with van der Waals surface area (Å²) < 4.78 is 6.26. The lowest BCUT2D eigenvalue weighted by atomic mass is 10.0. The van der Waals surface area contributed by atoms with Crippen LogP contribution in [0.15, 0.2) is 46.9 Å². The van der Waals surface area contributed by atoms with E-state index >= 15 is 0 Å². The van der Waals surface area contributed by atoms with Gasteiger partial charge in [0.25, 0.3) is 0 Å². The molecule has 0 aromatic heterocycles. The van der Waals surface area contributed by atoms with Crippen LogP contribution in [0.5, 0.6) is 5.75 Å². The third-order valence-electron chi connectivity index (χ3n) is 3.04. The van der Waals surface area contributed by atoms with Gasteiger partial charge >= 0.3 is 0 Å². The van der Waals surface area contributed by atoms with Gasteiger partial charge in [-0.1, -0.05) is 45.8 Å². The van der Waals surface area contributed by atoms with Crippen LogP contribution in [0.4, 0.5) is 0 Å². The Morgan fingerprint density at radius 1 is 1.21 bits per heavy atom. The number of hydrogen-bond donors (Lipinski definition) is 0. The van der Waals surface area contributed by atoms with Gasteiger partial charge in [0.05, 0.1) is 12.5 Å². The van der Waals surface area contributed by atoms with Crippen LogP contribution in [-0.4, -0.2) is 7.11 Å².